The molecule has 0 spiro atoms. The molecule has 0 radical (unpaired) electrons. The predicted molar refractivity (Wildman–Crippen MR) is 80.1 cm³/mol. The van der Waals surface area contributed by atoms with Gasteiger partial charge in [0.25, 0.3) is 0 Å². The number of hydrogen-bond donors (Lipinski definition) is 0. The summed E-state index contributed by atoms with van der Waals surface area (Å²) in [5.41, 5.74) is 5.53. The molecule has 100 valence electrons. The van der Waals surface area contributed by atoms with Crippen molar-refractivity contribution in [2.45, 2.75) is 66.2 Å². The zero-order chi connectivity index (χ0) is 13.6. The smallest absolute Gasteiger partial charge is 0.0129 e. The van der Waals surface area contributed by atoms with E-state index in [4.69, 9.17) is 0 Å². The molecular weight excluding hydrogens is 216 g/mol. The summed E-state index contributed by atoms with van der Waals surface area (Å²) in [4.78, 5) is 0. The lowest BCUT2D eigenvalue weighted by Gasteiger charge is -2.37. The zero-order valence-electron chi connectivity index (χ0n) is 12.9. The molecule has 0 bridgehead atoms. The van der Waals surface area contributed by atoms with Crippen molar-refractivity contribution in [1.29, 1.82) is 0 Å². The van der Waals surface area contributed by atoms with Crippen LogP contribution in [0.5, 0.6) is 0 Å². The van der Waals surface area contributed by atoms with E-state index >= 15 is 0 Å². The molecule has 0 aromatic heterocycles. The van der Waals surface area contributed by atoms with E-state index in [1.807, 2.05) is 0 Å². The first-order valence-electron chi connectivity index (χ1n) is 7.31. The maximum Gasteiger partial charge on any atom is -0.0129 e. The molecule has 0 amide bonds. The van der Waals surface area contributed by atoms with E-state index in [2.05, 4.69) is 59.7 Å². The molecule has 0 heteroatoms. The van der Waals surface area contributed by atoms with Gasteiger partial charge < -0.3 is 0 Å². The van der Waals surface area contributed by atoms with E-state index in [0.717, 1.165) is 5.92 Å². The maximum absolute atomic E-state index is 2.39. The summed E-state index contributed by atoms with van der Waals surface area (Å²) in [6.45, 7) is 14.2. The molecule has 1 unspecified atom stereocenters. The van der Waals surface area contributed by atoms with Crippen LogP contribution in [0.3, 0.4) is 0 Å². The third-order valence-electron chi connectivity index (χ3n) is 4.51. The van der Waals surface area contributed by atoms with E-state index in [9.17, 15) is 0 Å². The highest BCUT2D eigenvalue weighted by Gasteiger charge is 2.30. The summed E-state index contributed by atoms with van der Waals surface area (Å²) < 4.78 is 0. The van der Waals surface area contributed by atoms with Crippen molar-refractivity contribution < 1.29 is 0 Å². The Balaban J connectivity index is 2.36. The first kappa shape index (κ1) is 13.6. The minimum absolute atomic E-state index is 0.278. The molecule has 0 N–H and O–H groups in total. The van der Waals surface area contributed by atoms with Crippen LogP contribution in [-0.4, -0.2) is 0 Å². The highest BCUT2D eigenvalue weighted by atomic mass is 14.4. The second-order valence-electron chi connectivity index (χ2n) is 8.00. The van der Waals surface area contributed by atoms with Crippen LogP contribution in [0.1, 0.15) is 64.7 Å². The molecule has 0 saturated heterocycles. The topological polar surface area (TPSA) is 0 Å². The summed E-state index contributed by atoms with van der Waals surface area (Å²) in [6.07, 6.45) is 3.89. The molecule has 1 aromatic carbocycles. The van der Waals surface area contributed by atoms with Crippen molar-refractivity contribution in [2.75, 3.05) is 0 Å². The van der Waals surface area contributed by atoms with Crippen LogP contribution < -0.4 is 0 Å². The lowest BCUT2D eigenvalue weighted by atomic mass is 9.68. The SMILES string of the molecule is CC(C)(C)c1cccc2c1CCC(C(C)(C)C)C2. The van der Waals surface area contributed by atoms with Crippen molar-refractivity contribution in [3.8, 4) is 0 Å². The molecule has 1 atom stereocenters. The first-order valence-corrected chi connectivity index (χ1v) is 7.31. The Morgan fingerprint density at radius 1 is 1.00 bits per heavy atom. The van der Waals surface area contributed by atoms with Crippen LogP contribution in [0.15, 0.2) is 18.2 Å². The summed E-state index contributed by atoms with van der Waals surface area (Å²) in [5.74, 6) is 0.834. The van der Waals surface area contributed by atoms with E-state index in [1.165, 1.54) is 19.3 Å². The van der Waals surface area contributed by atoms with Crippen molar-refractivity contribution in [3.05, 3.63) is 34.9 Å². The number of rotatable bonds is 0. The largest absolute Gasteiger partial charge is 0.0617 e. The fourth-order valence-corrected chi connectivity index (χ4v) is 3.25. The van der Waals surface area contributed by atoms with Gasteiger partial charge in [0.05, 0.1) is 0 Å². The van der Waals surface area contributed by atoms with Crippen molar-refractivity contribution in [3.63, 3.8) is 0 Å². The maximum atomic E-state index is 2.39. The van der Waals surface area contributed by atoms with E-state index < -0.39 is 0 Å². The van der Waals surface area contributed by atoms with Gasteiger partial charge in [-0.3, -0.25) is 0 Å². The van der Waals surface area contributed by atoms with E-state index in [0.29, 0.717) is 5.41 Å². The standard InChI is InChI=1S/C18H28/c1-17(2,3)14-10-11-15-13(12-14)8-7-9-16(15)18(4,5)6/h7-9,14H,10-12H2,1-6H3. The number of fused-ring (bicyclic) bond motifs is 1. The third-order valence-corrected chi connectivity index (χ3v) is 4.51. The van der Waals surface area contributed by atoms with Crippen LogP contribution in [0.25, 0.3) is 0 Å². The molecule has 18 heavy (non-hydrogen) atoms. The zero-order valence-corrected chi connectivity index (χ0v) is 12.9. The fourth-order valence-electron chi connectivity index (χ4n) is 3.25. The van der Waals surface area contributed by atoms with Gasteiger partial charge in [0, 0.05) is 0 Å². The number of hydrogen-bond acceptors (Lipinski definition) is 0. The molecule has 1 aliphatic carbocycles. The predicted octanol–water partition coefficient (Wildman–Crippen LogP) is 5.14. The van der Waals surface area contributed by atoms with Gasteiger partial charge in [0.1, 0.15) is 0 Å². The van der Waals surface area contributed by atoms with Crippen molar-refractivity contribution in [1.82, 2.24) is 0 Å². The van der Waals surface area contributed by atoms with Crippen LogP contribution in [0.2, 0.25) is 0 Å². The average molecular weight is 244 g/mol. The molecule has 1 aromatic rings. The Hall–Kier alpha value is -0.780. The Kier molecular flexibility index (Phi) is 3.34. The first-order chi connectivity index (χ1) is 8.19. The molecule has 1 aliphatic rings. The fraction of sp³-hybridized carbons (Fsp3) is 0.667. The van der Waals surface area contributed by atoms with Gasteiger partial charge in [-0.05, 0) is 52.7 Å². The Labute approximate surface area is 113 Å². The lowest BCUT2D eigenvalue weighted by Crippen LogP contribution is -2.28. The average Bonchev–Trinajstić information content (AvgIpc) is 2.25. The van der Waals surface area contributed by atoms with Gasteiger partial charge in [0.2, 0.25) is 0 Å². The quantitative estimate of drug-likeness (QED) is 0.593. The molecule has 0 fully saturated rings. The van der Waals surface area contributed by atoms with Gasteiger partial charge in [-0.1, -0.05) is 59.7 Å². The van der Waals surface area contributed by atoms with Crippen LogP contribution in [0.4, 0.5) is 0 Å². The summed E-state index contributed by atoms with van der Waals surface area (Å²) in [5, 5.41) is 0. The van der Waals surface area contributed by atoms with Crippen molar-refractivity contribution in [2.24, 2.45) is 11.3 Å². The monoisotopic (exact) mass is 244 g/mol. The van der Waals surface area contributed by atoms with Gasteiger partial charge >= 0.3 is 0 Å². The van der Waals surface area contributed by atoms with Crippen molar-refractivity contribution >= 4 is 0 Å². The molecule has 2 rings (SSSR count). The van der Waals surface area contributed by atoms with Crippen LogP contribution in [0, 0.1) is 11.3 Å². The molecule has 0 aliphatic heterocycles. The second-order valence-corrected chi connectivity index (χ2v) is 8.00. The lowest BCUT2D eigenvalue weighted by molar-refractivity contribution is 0.215. The Morgan fingerprint density at radius 2 is 1.67 bits per heavy atom. The number of benzene rings is 1. The highest BCUT2D eigenvalue weighted by Crippen LogP contribution is 2.40. The van der Waals surface area contributed by atoms with Gasteiger partial charge in [-0.2, -0.15) is 0 Å². The van der Waals surface area contributed by atoms with Gasteiger partial charge in [-0.15, -0.1) is 0 Å². The third kappa shape index (κ3) is 2.63. The Bertz CT molecular complexity index is 426. The minimum atomic E-state index is 0.278. The summed E-state index contributed by atoms with van der Waals surface area (Å²) in [6, 6.07) is 6.93. The van der Waals surface area contributed by atoms with Crippen LogP contribution >= 0.6 is 0 Å². The van der Waals surface area contributed by atoms with E-state index in [-0.39, 0.29) is 5.41 Å². The normalized spacial score (nSPS) is 20.7. The minimum Gasteiger partial charge on any atom is -0.0617 e. The summed E-state index contributed by atoms with van der Waals surface area (Å²) >= 11 is 0. The summed E-state index contributed by atoms with van der Waals surface area (Å²) in [7, 11) is 0. The van der Waals surface area contributed by atoms with Gasteiger partial charge in [0.15, 0.2) is 0 Å². The molecular formula is C18H28. The Morgan fingerprint density at radius 3 is 2.22 bits per heavy atom. The molecule has 0 nitrogen and oxygen atoms in total. The second kappa shape index (κ2) is 4.40. The van der Waals surface area contributed by atoms with Gasteiger partial charge in [-0.25, -0.2) is 0 Å². The highest BCUT2D eigenvalue weighted by molar-refractivity contribution is 5.41. The van der Waals surface area contributed by atoms with E-state index in [1.54, 1.807) is 16.7 Å². The molecule has 0 heterocycles. The van der Waals surface area contributed by atoms with Crippen LogP contribution in [-0.2, 0) is 18.3 Å². The molecule has 0 saturated carbocycles.